The first-order valence-electron chi connectivity index (χ1n) is 10.3. The van der Waals surface area contributed by atoms with E-state index in [1.807, 2.05) is 36.4 Å². The van der Waals surface area contributed by atoms with E-state index in [-0.39, 0.29) is 22.0 Å². The molecule has 0 N–H and O–H groups in total. The van der Waals surface area contributed by atoms with E-state index >= 15 is 0 Å². The second-order valence-corrected chi connectivity index (χ2v) is 8.77. The summed E-state index contributed by atoms with van der Waals surface area (Å²) in [4.78, 5) is 26.9. The zero-order valence-corrected chi connectivity index (χ0v) is 19.0. The van der Waals surface area contributed by atoms with Crippen molar-refractivity contribution in [1.29, 1.82) is 0 Å². The van der Waals surface area contributed by atoms with Gasteiger partial charge in [-0.1, -0.05) is 61.3 Å². The Morgan fingerprint density at radius 3 is 2.69 bits per heavy atom. The predicted molar refractivity (Wildman–Crippen MR) is 127 cm³/mol. The fraction of sp³-hybridized carbons (Fsp3) is 0.200. The minimum Gasteiger partial charge on any atom is -0.493 e. The fourth-order valence-corrected chi connectivity index (χ4v) is 4.53. The molecular weight excluding hydrogens is 449 g/mol. The molecule has 3 aromatic rings. The van der Waals surface area contributed by atoms with Crippen molar-refractivity contribution in [3.63, 3.8) is 0 Å². The molecule has 1 fully saturated rings. The third kappa shape index (κ3) is 4.52. The summed E-state index contributed by atoms with van der Waals surface area (Å²) in [6.45, 7) is 2.42. The molecule has 1 aliphatic heterocycles. The largest absolute Gasteiger partial charge is 0.493 e. The van der Waals surface area contributed by atoms with E-state index < -0.39 is 17.0 Å². The second kappa shape index (κ2) is 9.76. The van der Waals surface area contributed by atoms with Gasteiger partial charge in [-0.3, -0.25) is 14.5 Å². The van der Waals surface area contributed by atoms with Gasteiger partial charge >= 0.3 is 0 Å². The number of hydrogen-bond acceptors (Lipinski definition) is 4. The number of hydrogen-bond donors (Lipinski definition) is 0. The Labute approximate surface area is 195 Å². The number of carbonyl (C=O) groups is 2. The Morgan fingerprint density at radius 1 is 1.09 bits per heavy atom. The van der Waals surface area contributed by atoms with Crippen LogP contribution in [0.5, 0.6) is 5.75 Å². The number of ether oxygens (including phenoxy) is 1. The molecule has 4 nitrogen and oxygen atoms in total. The zero-order chi connectivity index (χ0) is 22.7. The standard InChI is InChI=1S/C25H21ClFNO3S/c1-2-3-13-31-22-12-11-16-7-4-5-8-17(16)18(22)14-23-24(29)28(25(30)32-23)15-19-20(26)9-6-10-21(19)27/h4-12,14H,2-3,13,15H2,1H3/b23-14-. The highest BCUT2D eigenvalue weighted by atomic mass is 35.5. The molecule has 7 heteroatoms. The quantitative estimate of drug-likeness (QED) is 0.275. The van der Waals surface area contributed by atoms with Crippen LogP contribution in [0.2, 0.25) is 5.02 Å². The van der Waals surface area contributed by atoms with Crippen molar-refractivity contribution in [2.24, 2.45) is 0 Å². The Bertz CT molecular complexity index is 1210. The lowest BCUT2D eigenvalue weighted by Crippen LogP contribution is -2.28. The molecule has 4 rings (SSSR count). The molecule has 0 radical (unpaired) electrons. The normalized spacial score (nSPS) is 15.2. The molecular formula is C25H21ClFNO3S. The summed E-state index contributed by atoms with van der Waals surface area (Å²) >= 11 is 6.92. The van der Waals surface area contributed by atoms with Gasteiger partial charge in [0.05, 0.1) is 18.1 Å². The lowest BCUT2D eigenvalue weighted by molar-refractivity contribution is -0.123. The van der Waals surface area contributed by atoms with Crippen molar-refractivity contribution in [1.82, 2.24) is 4.90 Å². The highest BCUT2D eigenvalue weighted by molar-refractivity contribution is 8.18. The lowest BCUT2D eigenvalue weighted by atomic mass is 10.0. The first-order valence-corrected chi connectivity index (χ1v) is 11.5. The molecule has 164 valence electrons. The highest BCUT2D eigenvalue weighted by Gasteiger charge is 2.36. The first-order chi connectivity index (χ1) is 15.5. The second-order valence-electron chi connectivity index (χ2n) is 7.37. The van der Waals surface area contributed by atoms with Crippen LogP contribution in [0.4, 0.5) is 9.18 Å². The van der Waals surface area contributed by atoms with Crippen molar-refractivity contribution >= 4 is 51.4 Å². The van der Waals surface area contributed by atoms with Crippen LogP contribution in [-0.2, 0) is 11.3 Å². The van der Waals surface area contributed by atoms with Gasteiger partial charge in [-0.15, -0.1) is 0 Å². The number of fused-ring (bicyclic) bond motifs is 1. The van der Waals surface area contributed by atoms with Gasteiger partial charge in [0, 0.05) is 16.1 Å². The van der Waals surface area contributed by atoms with E-state index in [0.29, 0.717) is 12.4 Å². The Morgan fingerprint density at radius 2 is 1.91 bits per heavy atom. The summed E-state index contributed by atoms with van der Waals surface area (Å²) in [5, 5.41) is 1.63. The number of halogens is 2. The molecule has 1 saturated heterocycles. The minimum absolute atomic E-state index is 0.117. The van der Waals surface area contributed by atoms with E-state index in [1.165, 1.54) is 18.2 Å². The van der Waals surface area contributed by atoms with Gasteiger partial charge < -0.3 is 4.74 Å². The van der Waals surface area contributed by atoms with Crippen molar-refractivity contribution in [3.8, 4) is 5.75 Å². The maximum atomic E-state index is 14.2. The van der Waals surface area contributed by atoms with Crippen molar-refractivity contribution in [3.05, 3.63) is 81.5 Å². The summed E-state index contributed by atoms with van der Waals surface area (Å²) in [6.07, 6.45) is 3.60. The van der Waals surface area contributed by atoms with E-state index in [4.69, 9.17) is 16.3 Å². The molecule has 0 bridgehead atoms. The molecule has 3 aromatic carbocycles. The average Bonchev–Trinajstić information content (AvgIpc) is 3.05. The van der Waals surface area contributed by atoms with Gasteiger partial charge in [0.2, 0.25) is 0 Å². The van der Waals surface area contributed by atoms with Gasteiger partial charge in [0.25, 0.3) is 11.1 Å². The minimum atomic E-state index is -0.554. The van der Waals surface area contributed by atoms with Gasteiger partial charge in [0.1, 0.15) is 11.6 Å². The van der Waals surface area contributed by atoms with Gasteiger partial charge in [-0.2, -0.15) is 0 Å². The molecule has 0 spiro atoms. The molecule has 2 amide bonds. The summed E-state index contributed by atoms with van der Waals surface area (Å²) in [5.41, 5.74) is 0.861. The molecule has 1 heterocycles. The summed E-state index contributed by atoms with van der Waals surface area (Å²) in [5.74, 6) is -0.381. The van der Waals surface area contributed by atoms with E-state index in [2.05, 4.69) is 6.92 Å². The number of thioether (sulfide) groups is 1. The maximum absolute atomic E-state index is 14.2. The molecule has 32 heavy (non-hydrogen) atoms. The SMILES string of the molecule is CCCCOc1ccc2ccccc2c1/C=C1\SC(=O)N(Cc2c(F)cccc2Cl)C1=O. The monoisotopic (exact) mass is 469 g/mol. The molecule has 1 aliphatic rings. The van der Waals surface area contributed by atoms with Gasteiger partial charge in [-0.25, -0.2) is 4.39 Å². The maximum Gasteiger partial charge on any atom is 0.293 e. The van der Waals surface area contributed by atoms with E-state index in [0.717, 1.165) is 45.8 Å². The molecule has 0 aromatic heterocycles. The third-order valence-corrected chi connectivity index (χ3v) is 6.47. The predicted octanol–water partition coefficient (Wildman–Crippen LogP) is 7.05. The van der Waals surface area contributed by atoms with Crippen LogP contribution in [0.1, 0.15) is 30.9 Å². The molecule has 0 aliphatic carbocycles. The van der Waals surface area contributed by atoms with Crippen molar-refractivity contribution in [2.75, 3.05) is 6.61 Å². The van der Waals surface area contributed by atoms with E-state index in [1.54, 1.807) is 6.08 Å². The number of amides is 2. The topological polar surface area (TPSA) is 46.6 Å². The Hall–Kier alpha value is -2.83. The number of carbonyl (C=O) groups excluding carboxylic acids is 2. The number of rotatable bonds is 7. The third-order valence-electron chi connectivity index (χ3n) is 5.21. The molecule has 0 unspecified atom stereocenters. The smallest absolute Gasteiger partial charge is 0.293 e. The summed E-state index contributed by atoms with van der Waals surface area (Å²) in [7, 11) is 0. The molecule has 0 atom stereocenters. The number of imide groups is 1. The van der Waals surface area contributed by atoms with Crippen LogP contribution >= 0.6 is 23.4 Å². The van der Waals surface area contributed by atoms with Crippen LogP contribution in [0, 0.1) is 5.82 Å². The van der Waals surface area contributed by atoms with Crippen molar-refractivity contribution in [2.45, 2.75) is 26.3 Å². The summed E-state index contributed by atoms with van der Waals surface area (Å²) < 4.78 is 20.2. The van der Waals surface area contributed by atoms with E-state index in [9.17, 15) is 14.0 Å². The van der Waals surface area contributed by atoms with Crippen LogP contribution in [-0.4, -0.2) is 22.7 Å². The fourth-order valence-electron chi connectivity index (χ4n) is 3.49. The Kier molecular flexibility index (Phi) is 6.82. The van der Waals surface area contributed by atoms with Crippen LogP contribution in [0.3, 0.4) is 0 Å². The number of nitrogens with zero attached hydrogens (tertiary/aromatic N) is 1. The highest BCUT2D eigenvalue weighted by Crippen LogP contribution is 2.38. The van der Waals surface area contributed by atoms with Crippen LogP contribution in [0.15, 0.2) is 59.5 Å². The number of unbranched alkanes of at least 4 members (excludes halogenated alkanes) is 1. The first kappa shape index (κ1) is 22.4. The molecule has 0 saturated carbocycles. The zero-order valence-electron chi connectivity index (χ0n) is 17.4. The average molecular weight is 470 g/mol. The van der Waals surface area contributed by atoms with Crippen molar-refractivity contribution < 1.29 is 18.7 Å². The van der Waals surface area contributed by atoms with Gasteiger partial charge in [0.15, 0.2) is 0 Å². The summed E-state index contributed by atoms with van der Waals surface area (Å²) in [6, 6.07) is 15.9. The van der Waals surface area contributed by atoms with Crippen LogP contribution in [0.25, 0.3) is 16.8 Å². The number of benzene rings is 3. The van der Waals surface area contributed by atoms with Gasteiger partial charge in [-0.05, 0) is 53.2 Å². The Balaban J connectivity index is 1.70. The lowest BCUT2D eigenvalue weighted by Gasteiger charge is -2.14. The van der Waals surface area contributed by atoms with Crippen LogP contribution < -0.4 is 4.74 Å².